The number of nitrogens with zero attached hydrogens (tertiary/aromatic N) is 1. The van der Waals surface area contributed by atoms with Crippen LogP contribution in [0.5, 0.6) is 0 Å². The molecule has 104 valence electrons. The Hall–Kier alpha value is -2.16. The minimum atomic E-state index is -1.27. The monoisotopic (exact) mass is 287 g/mol. The maximum absolute atomic E-state index is 11.4. The number of carbonyl (C=O) groups excluding carboxylic acids is 1. The van der Waals surface area contributed by atoms with Crippen LogP contribution in [0.15, 0.2) is 10.9 Å². The van der Waals surface area contributed by atoms with Crippen molar-refractivity contribution in [2.45, 2.75) is 25.4 Å². The van der Waals surface area contributed by atoms with Crippen LogP contribution in [0.4, 0.5) is 4.79 Å². The SMILES string of the molecule is O=C(O)CCC(NC(=O)NCc1cscn1)C(=O)O. The molecular formula is C10H13N3O5S. The lowest BCUT2D eigenvalue weighted by Gasteiger charge is -2.13. The highest BCUT2D eigenvalue weighted by molar-refractivity contribution is 7.07. The molecule has 0 fully saturated rings. The normalized spacial score (nSPS) is 11.6. The molecule has 2 amide bonds. The third-order valence-electron chi connectivity index (χ3n) is 2.16. The van der Waals surface area contributed by atoms with E-state index in [0.29, 0.717) is 5.69 Å². The fraction of sp³-hybridized carbons (Fsp3) is 0.400. The zero-order valence-corrected chi connectivity index (χ0v) is 10.6. The van der Waals surface area contributed by atoms with Gasteiger partial charge in [-0.15, -0.1) is 11.3 Å². The molecule has 1 aromatic heterocycles. The van der Waals surface area contributed by atoms with E-state index in [9.17, 15) is 14.4 Å². The van der Waals surface area contributed by atoms with Gasteiger partial charge in [0.15, 0.2) is 0 Å². The molecule has 1 aromatic rings. The predicted octanol–water partition coefficient (Wildman–Crippen LogP) is 0.260. The molecule has 0 aliphatic rings. The van der Waals surface area contributed by atoms with Gasteiger partial charge in [-0.3, -0.25) is 4.79 Å². The van der Waals surface area contributed by atoms with Crippen molar-refractivity contribution in [2.24, 2.45) is 0 Å². The summed E-state index contributed by atoms with van der Waals surface area (Å²) >= 11 is 1.38. The Labute approximate surface area is 112 Å². The van der Waals surface area contributed by atoms with E-state index in [2.05, 4.69) is 15.6 Å². The van der Waals surface area contributed by atoms with Crippen LogP contribution < -0.4 is 10.6 Å². The largest absolute Gasteiger partial charge is 0.481 e. The number of amides is 2. The second-order valence-electron chi connectivity index (χ2n) is 3.63. The Morgan fingerprint density at radius 1 is 1.37 bits per heavy atom. The summed E-state index contributed by atoms with van der Waals surface area (Å²) in [4.78, 5) is 36.6. The molecule has 9 heteroatoms. The summed E-state index contributed by atoms with van der Waals surface area (Å²) in [6, 6.07) is -1.91. The van der Waals surface area contributed by atoms with Crippen LogP contribution in [0.1, 0.15) is 18.5 Å². The van der Waals surface area contributed by atoms with Gasteiger partial charge < -0.3 is 20.8 Å². The van der Waals surface area contributed by atoms with Gasteiger partial charge >= 0.3 is 18.0 Å². The van der Waals surface area contributed by atoms with E-state index in [1.165, 1.54) is 11.3 Å². The Kier molecular flexibility index (Phi) is 5.73. The second kappa shape index (κ2) is 7.31. The first kappa shape index (κ1) is 14.9. The highest BCUT2D eigenvalue weighted by Gasteiger charge is 2.20. The molecule has 1 rings (SSSR count). The molecule has 1 unspecified atom stereocenters. The van der Waals surface area contributed by atoms with Crippen LogP contribution in [0.25, 0.3) is 0 Å². The van der Waals surface area contributed by atoms with E-state index in [-0.39, 0.29) is 19.4 Å². The molecule has 4 N–H and O–H groups in total. The van der Waals surface area contributed by atoms with Crippen LogP contribution in [0.3, 0.4) is 0 Å². The number of thiazole rings is 1. The molecule has 0 aliphatic carbocycles. The van der Waals surface area contributed by atoms with Crippen molar-refractivity contribution in [3.05, 3.63) is 16.6 Å². The molecule has 0 bridgehead atoms. The van der Waals surface area contributed by atoms with E-state index in [0.717, 1.165) is 0 Å². The number of hydrogen-bond donors (Lipinski definition) is 4. The average molecular weight is 287 g/mol. The number of carboxylic acid groups (broad SMARTS) is 2. The highest BCUT2D eigenvalue weighted by atomic mass is 32.1. The van der Waals surface area contributed by atoms with Crippen molar-refractivity contribution in [2.75, 3.05) is 0 Å². The summed E-state index contributed by atoms with van der Waals surface area (Å²) in [5, 5.41) is 23.7. The first-order valence-corrected chi connectivity index (χ1v) is 6.29. The molecule has 0 radical (unpaired) electrons. The van der Waals surface area contributed by atoms with E-state index in [1.807, 2.05) is 0 Å². The second-order valence-corrected chi connectivity index (χ2v) is 4.35. The van der Waals surface area contributed by atoms with Crippen LogP contribution in [-0.2, 0) is 16.1 Å². The Balaban J connectivity index is 2.38. The van der Waals surface area contributed by atoms with Crippen molar-refractivity contribution in [1.82, 2.24) is 15.6 Å². The van der Waals surface area contributed by atoms with Crippen molar-refractivity contribution in [1.29, 1.82) is 0 Å². The fourth-order valence-electron chi connectivity index (χ4n) is 1.23. The molecule has 0 aliphatic heterocycles. The molecular weight excluding hydrogens is 274 g/mol. The lowest BCUT2D eigenvalue weighted by molar-refractivity contribution is -0.140. The number of rotatable bonds is 7. The maximum atomic E-state index is 11.4. The van der Waals surface area contributed by atoms with E-state index in [4.69, 9.17) is 10.2 Å². The number of carbonyl (C=O) groups is 3. The van der Waals surface area contributed by atoms with Crippen LogP contribution in [0.2, 0.25) is 0 Å². The molecule has 0 saturated carbocycles. The molecule has 0 spiro atoms. The zero-order valence-electron chi connectivity index (χ0n) is 9.83. The molecule has 0 aromatic carbocycles. The van der Waals surface area contributed by atoms with E-state index in [1.54, 1.807) is 10.9 Å². The van der Waals surface area contributed by atoms with Gasteiger partial charge in [-0.2, -0.15) is 0 Å². The smallest absolute Gasteiger partial charge is 0.326 e. The summed E-state index contributed by atoms with van der Waals surface area (Å²) in [5.41, 5.74) is 2.28. The van der Waals surface area contributed by atoms with Gasteiger partial charge in [-0.25, -0.2) is 14.6 Å². The minimum absolute atomic E-state index is 0.172. The maximum Gasteiger partial charge on any atom is 0.326 e. The van der Waals surface area contributed by atoms with Crippen molar-refractivity contribution in [3.8, 4) is 0 Å². The average Bonchev–Trinajstić information content (AvgIpc) is 2.84. The third kappa shape index (κ3) is 5.82. The number of urea groups is 1. The first-order chi connectivity index (χ1) is 8.99. The summed E-state index contributed by atoms with van der Waals surface area (Å²) in [5.74, 6) is -2.39. The first-order valence-electron chi connectivity index (χ1n) is 5.35. The van der Waals surface area contributed by atoms with E-state index >= 15 is 0 Å². The van der Waals surface area contributed by atoms with Crippen molar-refractivity contribution < 1.29 is 24.6 Å². The standard InChI is InChI=1S/C10H13N3O5S/c14-8(15)2-1-7(9(16)17)13-10(18)11-3-6-4-19-5-12-6/h4-5,7H,1-3H2,(H,14,15)(H,16,17)(H2,11,13,18). The molecule has 1 heterocycles. The van der Waals surface area contributed by atoms with Gasteiger partial charge in [0.1, 0.15) is 6.04 Å². The zero-order chi connectivity index (χ0) is 14.3. The Morgan fingerprint density at radius 2 is 2.11 bits per heavy atom. The van der Waals surface area contributed by atoms with Crippen LogP contribution in [-0.4, -0.2) is 39.2 Å². The Bertz CT molecular complexity index is 448. The highest BCUT2D eigenvalue weighted by Crippen LogP contribution is 2.00. The van der Waals surface area contributed by atoms with Gasteiger partial charge in [0.25, 0.3) is 0 Å². The van der Waals surface area contributed by atoms with Crippen LogP contribution >= 0.6 is 11.3 Å². The topological polar surface area (TPSA) is 129 Å². The summed E-state index contributed by atoms with van der Waals surface area (Å²) < 4.78 is 0. The number of carboxylic acids is 2. The molecule has 8 nitrogen and oxygen atoms in total. The Morgan fingerprint density at radius 3 is 2.63 bits per heavy atom. The molecule has 1 atom stereocenters. The molecule has 19 heavy (non-hydrogen) atoms. The van der Waals surface area contributed by atoms with Gasteiger partial charge in [-0.1, -0.05) is 0 Å². The minimum Gasteiger partial charge on any atom is -0.481 e. The summed E-state index contributed by atoms with van der Waals surface area (Å²) in [7, 11) is 0. The quantitative estimate of drug-likeness (QED) is 0.569. The van der Waals surface area contributed by atoms with Crippen molar-refractivity contribution in [3.63, 3.8) is 0 Å². The molecule has 0 saturated heterocycles. The van der Waals surface area contributed by atoms with Gasteiger partial charge in [0.05, 0.1) is 17.7 Å². The summed E-state index contributed by atoms with van der Waals surface area (Å²) in [6.07, 6.45) is -0.502. The number of aromatic nitrogens is 1. The fourth-order valence-corrected chi connectivity index (χ4v) is 1.79. The van der Waals surface area contributed by atoms with Crippen molar-refractivity contribution >= 4 is 29.3 Å². The summed E-state index contributed by atoms with van der Waals surface area (Å²) in [6.45, 7) is 0.181. The lowest BCUT2D eigenvalue weighted by atomic mass is 10.1. The number of aliphatic carboxylic acids is 2. The van der Waals surface area contributed by atoms with E-state index < -0.39 is 24.0 Å². The van der Waals surface area contributed by atoms with Crippen LogP contribution in [0, 0.1) is 0 Å². The van der Waals surface area contributed by atoms with Gasteiger partial charge in [-0.05, 0) is 6.42 Å². The van der Waals surface area contributed by atoms with Gasteiger partial charge in [0, 0.05) is 11.8 Å². The number of nitrogens with one attached hydrogen (secondary N) is 2. The van der Waals surface area contributed by atoms with Gasteiger partial charge in [0.2, 0.25) is 0 Å². The lowest BCUT2D eigenvalue weighted by Crippen LogP contribution is -2.46. The number of hydrogen-bond acceptors (Lipinski definition) is 5. The third-order valence-corrected chi connectivity index (χ3v) is 2.80. The predicted molar refractivity (Wildman–Crippen MR) is 65.8 cm³/mol.